The molecule has 1 aliphatic heterocycles. The molecule has 2 rings (SSSR count). The fourth-order valence-electron chi connectivity index (χ4n) is 2.48. The lowest BCUT2D eigenvalue weighted by Gasteiger charge is -2.47. The van der Waals surface area contributed by atoms with E-state index in [9.17, 15) is 15.0 Å². The van der Waals surface area contributed by atoms with Crippen molar-refractivity contribution in [3.05, 3.63) is 41.4 Å². The molecule has 0 unspecified atom stereocenters. The largest absolute Gasteiger partial charge is 0.506 e. The monoisotopic (exact) mass is 281 g/mol. The van der Waals surface area contributed by atoms with Gasteiger partial charge in [-0.15, -0.1) is 6.58 Å². The highest BCUT2D eigenvalue weighted by molar-refractivity contribution is 6.32. The van der Waals surface area contributed by atoms with Gasteiger partial charge in [-0.2, -0.15) is 0 Å². The fourth-order valence-corrected chi connectivity index (χ4v) is 2.66. The van der Waals surface area contributed by atoms with Crippen molar-refractivity contribution in [3.8, 4) is 5.75 Å². The Labute approximate surface area is 116 Å². The van der Waals surface area contributed by atoms with Crippen LogP contribution in [0.3, 0.4) is 0 Å². The number of halogens is 1. The van der Waals surface area contributed by atoms with Gasteiger partial charge in [-0.25, -0.2) is 0 Å². The number of phenols is 1. The third-order valence-electron chi connectivity index (χ3n) is 3.49. The zero-order valence-corrected chi connectivity index (χ0v) is 11.2. The van der Waals surface area contributed by atoms with E-state index in [1.54, 1.807) is 12.1 Å². The Hall–Kier alpha value is -1.52. The number of aliphatic carboxylic acids is 1. The van der Waals surface area contributed by atoms with Crippen LogP contribution in [-0.4, -0.2) is 34.2 Å². The number of carboxylic acid groups (broad SMARTS) is 1. The number of hydrogen-bond acceptors (Lipinski definition) is 3. The summed E-state index contributed by atoms with van der Waals surface area (Å²) < 4.78 is 0. The van der Waals surface area contributed by atoms with Gasteiger partial charge in [0.2, 0.25) is 0 Å². The summed E-state index contributed by atoms with van der Waals surface area (Å²) in [5, 5.41) is 19.1. The van der Waals surface area contributed by atoms with Crippen molar-refractivity contribution in [1.82, 2.24) is 4.90 Å². The van der Waals surface area contributed by atoms with Crippen LogP contribution in [0, 0.1) is 5.41 Å². The third kappa shape index (κ3) is 2.60. The molecule has 19 heavy (non-hydrogen) atoms. The van der Waals surface area contributed by atoms with Gasteiger partial charge in [0, 0.05) is 19.6 Å². The van der Waals surface area contributed by atoms with E-state index < -0.39 is 11.4 Å². The Bertz CT molecular complexity index is 509. The summed E-state index contributed by atoms with van der Waals surface area (Å²) in [5.41, 5.74) is 0.0877. The zero-order valence-electron chi connectivity index (χ0n) is 10.5. The molecule has 5 heteroatoms. The van der Waals surface area contributed by atoms with E-state index in [1.165, 1.54) is 6.07 Å². The minimum atomic E-state index is -0.786. The number of aromatic hydroxyl groups is 1. The molecule has 4 nitrogen and oxygen atoms in total. The quantitative estimate of drug-likeness (QED) is 0.814. The van der Waals surface area contributed by atoms with Gasteiger partial charge in [0.15, 0.2) is 0 Å². The van der Waals surface area contributed by atoms with Gasteiger partial charge in [0.1, 0.15) is 5.75 Å². The van der Waals surface area contributed by atoms with Crippen LogP contribution in [0.4, 0.5) is 0 Å². The number of likely N-dealkylation sites (tertiary alicyclic amines) is 1. The Morgan fingerprint density at radius 3 is 2.79 bits per heavy atom. The van der Waals surface area contributed by atoms with Gasteiger partial charge < -0.3 is 10.2 Å². The van der Waals surface area contributed by atoms with Gasteiger partial charge in [0.25, 0.3) is 0 Å². The summed E-state index contributed by atoms with van der Waals surface area (Å²) in [5.74, 6) is -0.735. The molecule has 1 fully saturated rings. The molecule has 1 heterocycles. The Morgan fingerprint density at radius 2 is 2.21 bits per heavy atom. The number of rotatable bonds is 5. The molecule has 0 aliphatic carbocycles. The molecule has 1 aromatic carbocycles. The minimum Gasteiger partial charge on any atom is -0.506 e. The van der Waals surface area contributed by atoms with Crippen LogP contribution in [0.2, 0.25) is 5.02 Å². The first-order chi connectivity index (χ1) is 8.98. The molecule has 0 spiro atoms. The normalized spacial score (nSPS) is 17.7. The minimum absolute atomic E-state index is 0.0512. The van der Waals surface area contributed by atoms with E-state index >= 15 is 0 Å². The molecule has 0 atom stereocenters. The van der Waals surface area contributed by atoms with Crippen LogP contribution < -0.4 is 0 Å². The molecule has 0 aromatic heterocycles. The average Bonchev–Trinajstić information content (AvgIpc) is 2.31. The van der Waals surface area contributed by atoms with Crippen molar-refractivity contribution in [2.45, 2.75) is 13.0 Å². The van der Waals surface area contributed by atoms with Crippen LogP contribution in [-0.2, 0) is 11.3 Å². The summed E-state index contributed by atoms with van der Waals surface area (Å²) in [6, 6.07) is 5.09. The summed E-state index contributed by atoms with van der Waals surface area (Å²) in [7, 11) is 0. The molecule has 1 aliphatic rings. The van der Waals surface area contributed by atoms with E-state index in [0.29, 0.717) is 31.1 Å². The molecule has 0 radical (unpaired) electrons. The number of nitrogens with zero attached hydrogens (tertiary/aromatic N) is 1. The van der Waals surface area contributed by atoms with Gasteiger partial charge in [-0.1, -0.05) is 29.8 Å². The van der Waals surface area contributed by atoms with E-state index in [-0.39, 0.29) is 5.75 Å². The highest BCUT2D eigenvalue weighted by Gasteiger charge is 2.48. The van der Waals surface area contributed by atoms with Gasteiger partial charge in [0.05, 0.1) is 10.4 Å². The van der Waals surface area contributed by atoms with Crippen LogP contribution in [0.1, 0.15) is 12.0 Å². The third-order valence-corrected chi connectivity index (χ3v) is 3.93. The van der Waals surface area contributed by atoms with Crippen LogP contribution in [0.25, 0.3) is 0 Å². The lowest BCUT2D eigenvalue weighted by molar-refractivity contribution is -0.160. The van der Waals surface area contributed by atoms with E-state index in [2.05, 4.69) is 6.58 Å². The maximum Gasteiger partial charge on any atom is 0.312 e. The second-order valence-corrected chi connectivity index (χ2v) is 5.35. The number of carbonyl (C=O) groups is 1. The summed E-state index contributed by atoms with van der Waals surface area (Å²) >= 11 is 6.00. The molecule has 0 bridgehead atoms. The zero-order chi connectivity index (χ0) is 14.0. The topological polar surface area (TPSA) is 60.8 Å². The smallest absolute Gasteiger partial charge is 0.312 e. The molecule has 1 saturated heterocycles. The second kappa shape index (κ2) is 5.23. The van der Waals surface area contributed by atoms with Gasteiger partial charge in [-0.3, -0.25) is 9.69 Å². The lowest BCUT2D eigenvalue weighted by Crippen LogP contribution is -2.59. The SMILES string of the molecule is C=CCC1(C(=O)O)CN(Cc2cccc(O)c2Cl)C1. The first-order valence-corrected chi connectivity index (χ1v) is 6.39. The van der Waals surface area contributed by atoms with Crippen molar-refractivity contribution >= 4 is 17.6 Å². The standard InChI is InChI=1S/C14H16ClNO3/c1-2-6-14(13(18)19)8-16(9-14)7-10-4-3-5-11(17)12(10)15/h2-5,17H,1,6-9H2,(H,18,19). The summed E-state index contributed by atoms with van der Waals surface area (Å²) in [4.78, 5) is 13.3. The Balaban J connectivity index is 2.03. The van der Waals surface area contributed by atoms with Gasteiger partial charge in [-0.05, 0) is 18.1 Å². The van der Waals surface area contributed by atoms with Gasteiger partial charge >= 0.3 is 5.97 Å². The van der Waals surface area contributed by atoms with Crippen molar-refractivity contribution < 1.29 is 15.0 Å². The summed E-state index contributed by atoms with van der Waals surface area (Å²) in [6.45, 7) is 5.09. The van der Waals surface area contributed by atoms with Crippen molar-refractivity contribution in [3.63, 3.8) is 0 Å². The second-order valence-electron chi connectivity index (χ2n) is 4.97. The molecule has 0 saturated carbocycles. The molecule has 102 valence electrons. The Kier molecular flexibility index (Phi) is 3.83. The van der Waals surface area contributed by atoms with Crippen LogP contribution in [0.15, 0.2) is 30.9 Å². The summed E-state index contributed by atoms with van der Waals surface area (Å²) in [6.07, 6.45) is 2.11. The number of carboxylic acids is 1. The predicted molar refractivity (Wildman–Crippen MR) is 73.3 cm³/mol. The van der Waals surface area contributed by atoms with Crippen molar-refractivity contribution in [2.24, 2.45) is 5.41 Å². The van der Waals surface area contributed by atoms with Crippen LogP contribution >= 0.6 is 11.6 Å². The van der Waals surface area contributed by atoms with Crippen molar-refractivity contribution in [2.75, 3.05) is 13.1 Å². The molecule has 2 N–H and O–H groups in total. The Morgan fingerprint density at radius 1 is 1.53 bits per heavy atom. The average molecular weight is 282 g/mol. The highest BCUT2D eigenvalue weighted by Crippen LogP contribution is 2.37. The molecule has 0 amide bonds. The van der Waals surface area contributed by atoms with E-state index in [4.69, 9.17) is 11.6 Å². The fraction of sp³-hybridized carbons (Fsp3) is 0.357. The van der Waals surface area contributed by atoms with Crippen molar-refractivity contribution in [1.29, 1.82) is 0 Å². The number of phenolic OH excluding ortho intramolecular Hbond substituents is 1. The highest BCUT2D eigenvalue weighted by atomic mass is 35.5. The lowest BCUT2D eigenvalue weighted by atomic mass is 9.76. The molecule has 1 aromatic rings. The number of benzene rings is 1. The van der Waals surface area contributed by atoms with E-state index in [0.717, 1.165) is 5.56 Å². The number of hydrogen-bond donors (Lipinski definition) is 2. The molecular weight excluding hydrogens is 266 g/mol. The maximum atomic E-state index is 11.3. The number of allylic oxidation sites excluding steroid dienone is 1. The first kappa shape index (κ1) is 13.9. The van der Waals surface area contributed by atoms with Crippen LogP contribution in [0.5, 0.6) is 5.75 Å². The first-order valence-electron chi connectivity index (χ1n) is 6.01. The molecular formula is C14H16ClNO3. The van der Waals surface area contributed by atoms with E-state index in [1.807, 2.05) is 11.0 Å². The predicted octanol–water partition coefficient (Wildman–Crippen LogP) is 2.51. The maximum absolute atomic E-state index is 11.3.